The number of nitrogens with zero attached hydrogens (tertiary/aromatic N) is 2. The second-order valence-corrected chi connectivity index (χ2v) is 5.92. The van der Waals surface area contributed by atoms with Gasteiger partial charge in [-0.1, -0.05) is 20.8 Å². The summed E-state index contributed by atoms with van der Waals surface area (Å²) in [4.78, 5) is 4.08. The highest BCUT2D eigenvalue weighted by Gasteiger charge is 2.59. The molecule has 0 aliphatic carbocycles. The van der Waals surface area contributed by atoms with Crippen molar-refractivity contribution in [3.05, 3.63) is 0 Å². The third kappa shape index (κ3) is 3.27. The lowest BCUT2D eigenvalue weighted by Crippen LogP contribution is -2.56. The van der Waals surface area contributed by atoms with Crippen LogP contribution in [-0.4, -0.2) is 54.5 Å². The van der Waals surface area contributed by atoms with E-state index in [1.165, 1.54) is 0 Å². The second kappa shape index (κ2) is 6.49. The molecule has 2 fully saturated rings. The van der Waals surface area contributed by atoms with Crippen molar-refractivity contribution in [2.24, 2.45) is 5.41 Å². The molecule has 0 N–H and O–H groups in total. The molecule has 2 saturated heterocycles. The van der Waals surface area contributed by atoms with Gasteiger partial charge in [-0.3, -0.25) is 4.90 Å². The molecule has 114 valence electrons. The summed E-state index contributed by atoms with van der Waals surface area (Å²) in [5, 5.41) is 0. The van der Waals surface area contributed by atoms with Gasteiger partial charge in [-0.2, -0.15) is 0 Å². The Balaban J connectivity index is 0.000000861. The molecule has 2 nitrogen and oxygen atoms in total. The second-order valence-electron chi connectivity index (χ2n) is 5.92. The molecule has 0 bridgehead atoms. The third-order valence-corrected chi connectivity index (χ3v) is 4.67. The zero-order valence-electron chi connectivity index (χ0n) is 13.2. The number of alkyl halides is 2. The summed E-state index contributed by atoms with van der Waals surface area (Å²) in [5.74, 6) is -2.52. The summed E-state index contributed by atoms with van der Waals surface area (Å²) in [6, 6.07) is 0.384. The van der Waals surface area contributed by atoms with Crippen molar-refractivity contribution in [3.8, 4) is 0 Å². The van der Waals surface area contributed by atoms with E-state index in [0.29, 0.717) is 25.4 Å². The van der Waals surface area contributed by atoms with E-state index in [-0.39, 0.29) is 6.54 Å². The summed E-state index contributed by atoms with van der Waals surface area (Å²) < 4.78 is 28.7. The Labute approximate surface area is 117 Å². The molecule has 0 aromatic carbocycles. The van der Waals surface area contributed by atoms with Crippen molar-refractivity contribution >= 4 is 0 Å². The van der Waals surface area contributed by atoms with Gasteiger partial charge in [0.15, 0.2) is 0 Å². The van der Waals surface area contributed by atoms with Crippen LogP contribution in [0.4, 0.5) is 8.78 Å². The number of rotatable bonds is 2. The van der Waals surface area contributed by atoms with Crippen LogP contribution in [0.1, 0.15) is 47.5 Å². The van der Waals surface area contributed by atoms with Crippen LogP contribution >= 0.6 is 0 Å². The van der Waals surface area contributed by atoms with E-state index in [0.717, 1.165) is 19.6 Å². The Morgan fingerprint density at radius 1 is 1.05 bits per heavy atom. The lowest BCUT2D eigenvalue weighted by molar-refractivity contribution is -0.163. The van der Waals surface area contributed by atoms with Crippen LogP contribution in [0.5, 0.6) is 0 Å². The van der Waals surface area contributed by atoms with Gasteiger partial charge in [0.2, 0.25) is 0 Å². The Morgan fingerprint density at radius 3 is 2.05 bits per heavy atom. The first-order chi connectivity index (χ1) is 8.90. The van der Waals surface area contributed by atoms with Gasteiger partial charge in [-0.15, -0.1) is 0 Å². The molecule has 0 aromatic rings. The molecule has 4 heteroatoms. The lowest BCUT2D eigenvalue weighted by atomic mass is 9.74. The number of hydrogen-bond acceptors (Lipinski definition) is 2. The number of likely N-dealkylation sites (tertiary alicyclic amines) is 2. The van der Waals surface area contributed by atoms with Crippen LogP contribution in [0.25, 0.3) is 0 Å². The van der Waals surface area contributed by atoms with Gasteiger partial charge in [0, 0.05) is 12.6 Å². The number of hydrogen-bond donors (Lipinski definition) is 0. The van der Waals surface area contributed by atoms with E-state index < -0.39 is 11.3 Å². The standard InChI is InChI=1S/C13H24F2N2.C2H6/c1-4-16-7-5-12(13(14,15)10-16)6-8-17(9-12)11(2)3;1-2/h11H,4-10H2,1-3H3;1-2H3. The number of piperidine rings is 1. The maximum Gasteiger partial charge on any atom is 0.267 e. The average Bonchev–Trinajstić information content (AvgIpc) is 2.82. The Bertz CT molecular complexity index is 281. The molecule has 19 heavy (non-hydrogen) atoms. The predicted molar refractivity (Wildman–Crippen MR) is 76.8 cm³/mol. The van der Waals surface area contributed by atoms with Gasteiger partial charge >= 0.3 is 0 Å². The first-order valence-electron chi connectivity index (χ1n) is 7.74. The molecule has 1 unspecified atom stereocenters. The monoisotopic (exact) mass is 276 g/mol. The minimum absolute atomic E-state index is 0.0462. The van der Waals surface area contributed by atoms with Crippen molar-refractivity contribution < 1.29 is 8.78 Å². The van der Waals surface area contributed by atoms with Gasteiger partial charge in [0.25, 0.3) is 5.92 Å². The van der Waals surface area contributed by atoms with E-state index in [1.807, 2.05) is 25.7 Å². The van der Waals surface area contributed by atoms with Crippen molar-refractivity contribution in [2.45, 2.75) is 59.4 Å². The first-order valence-corrected chi connectivity index (χ1v) is 7.74. The zero-order chi connectivity index (χ0) is 14.7. The molecular weight excluding hydrogens is 246 g/mol. The van der Waals surface area contributed by atoms with Gasteiger partial charge in [0.05, 0.1) is 12.0 Å². The summed E-state index contributed by atoms with van der Waals surface area (Å²) in [6.45, 7) is 13.1. The van der Waals surface area contributed by atoms with Gasteiger partial charge in [0.1, 0.15) is 0 Å². The van der Waals surface area contributed by atoms with Crippen molar-refractivity contribution in [1.29, 1.82) is 0 Å². The van der Waals surface area contributed by atoms with E-state index in [2.05, 4.69) is 18.7 Å². The molecule has 2 rings (SSSR count). The molecule has 1 atom stereocenters. The quantitative estimate of drug-likeness (QED) is 0.762. The molecule has 0 radical (unpaired) electrons. The zero-order valence-corrected chi connectivity index (χ0v) is 13.2. The topological polar surface area (TPSA) is 6.48 Å². The Kier molecular flexibility index (Phi) is 5.75. The SMILES string of the molecule is CC.CCN1CCC2(CCN(C(C)C)C2)C(F)(F)C1. The molecule has 2 aliphatic rings. The average molecular weight is 276 g/mol. The van der Waals surface area contributed by atoms with Crippen LogP contribution in [0.3, 0.4) is 0 Å². The van der Waals surface area contributed by atoms with Crippen molar-refractivity contribution in [3.63, 3.8) is 0 Å². The van der Waals surface area contributed by atoms with Crippen LogP contribution in [0.15, 0.2) is 0 Å². The lowest BCUT2D eigenvalue weighted by Gasteiger charge is -2.45. The first kappa shape index (κ1) is 16.8. The van der Waals surface area contributed by atoms with Crippen LogP contribution < -0.4 is 0 Å². The fourth-order valence-corrected chi connectivity index (χ4v) is 3.20. The highest BCUT2D eigenvalue weighted by molar-refractivity contribution is 5.04. The predicted octanol–water partition coefficient (Wildman–Crippen LogP) is 3.47. The minimum atomic E-state index is -2.52. The normalized spacial score (nSPS) is 31.6. The van der Waals surface area contributed by atoms with E-state index in [9.17, 15) is 8.78 Å². The largest absolute Gasteiger partial charge is 0.300 e. The van der Waals surface area contributed by atoms with E-state index in [1.54, 1.807) is 0 Å². The van der Waals surface area contributed by atoms with Gasteiger partial charge in [-0.05, 0) is 46.3 Å². The summed E-state index contributed by atoms with van der Waals surface area (Å²) in [5.41, 5.74) is -0.747. The highest BCUT2D eigenvalue weighted by Crippen LogP contribution is 2.50. The van der Waals surface area contributed by atoms with Gasteiger partial charge in [-0.25, -0.2) is 8.78 Å². The number of halogens is 2. The molecular formula is C15H30F2N2. The maximum absolute atomic E-state index is 14.4. The third-order valence-electron chi connectivity index (χ3n) is 4.67. The highest BCUT2D eigenvalue weighted by atomic mass is 19.3. The molecule has 1 spiro atoms. The summed E-state index contributed by atoms with van der Waals surface area (Å²) >= 11 is 0. The van der Waals surface area contributed by atoms with E-state index in [4.69, 9.17) is 0 Å². The minimum Gasteiger partial charge on any atom is -0.300 e. The molecule has 2 aliphatic heterocycles. The Hall–Kier alpha value is -0.220. The van der Waals surface area contributed by atoms with E-state index >= 15 is 0 Å². The fourth-order valence-electron chi connectivity index (χ4n) is 3.20. The van der Waals surface area contributed by atoms with Gasteiger partial charge < -0.3 is 4.90 Å². The molecule has 0 saturated carbocycles. The van der Waals surface area contributed by atoms with Crippen LogP contribution in [0.2, 0.25) is 0 Å². The van der Waals surface area contributed by atoms with Crippen LogP contribution in [0, 0.1) is 5.41 Å². The fraction of sp³-hybridized carbons (Fsp3) is 1.00. The summed E-state index contributed by atoms with van der Waals surface area (Å²) in [6.07, 6.45) is 1.31. The molecule has 2 heterocycles. The van der Waals surface area contributed by atoms with Crippen molar-refractivity contribution in [2.75, 3.05) is 32.7 Å². The smallest absolute Gasteiger partial charge is 0.267 e. The van der Waals surface area contributed by atoms with Crippen LogP contribution in [-0.2, 0) is 0 Å². The molecule has 0 aromatic heterocycles. The van der Waals surface area contributed by atoms with Crippen molar-refractivity contribution in [1.82, 2.24) is 9.80 Å². The Morgan fingerprint density at radius 2 is 1.63 bits per heavy atom. The summed E-state index contributed by atoms with van der Waals surface area (Å²) in [7, 11) is 0. The molecule has 0 amide bonds. The maximum atomic E-state index is 14.4.